The Kier molecular flexibility index (Phi) is 44.8. The van der Waals surface area contributed by atoms with Crippen molar-refractivity contribution in [3.63, 3.8) is 0 Å². The summed E-state index contributed by atoms with van der Waals surface area (Å²) in [7, 11) is -4.39. The Morgan fingerprint density at radius 3 is 1.27 bits per heavy atom. The van der Waals surface area contributed by atoms with Gasteiger partial charge in [0.1, 0.15) is 6.61 Å². The summed E-state index contributed by atoms with van der Waals surface area (Å²) in [5, 5.41) is 0. The van der Waals surface area contributed by atoms with Crippen LogP contribution in [-0.2, 0) is 32.7 Å². The van der Waals surface area contributed by atoms with E-state index in [-0.39, 0.29) is 32.6 Å². The van der Waals surface area contributed by atoms with Gasteiger partial charge in [-0.3, -0.25) is 18.6 Å². The molecule has 0 spiro atoms. The smallest absolute Gasteiger partial charge is 0.462 e. The van der Waals surface area contributed by atoms with Crippen LogP contribution in [0.2, 0.25) is 0 Å². The van der Waals surface area contributed by atoms with Gasteiger partial charge < -0.3 is 20.1 Å². The molecule has 0 heterocycles. The quantitative estimate of drug-likeness (QED) is 0.0265. The second-order valence-corrected chi connectivity index (χ2v) is 18.1. The molecule has 0 aliphatic carbocycles. The molecule has 0 bridgehead atoms. The van der Waals surface area contributed by atoms with Gasteiger partial charge in [-0.25, -0.2) is 4.57 Å². The minimum absolute atomic E-state index is 0.0471. The molecule has 3 N–H and O–H groups in total. The summed E-state index contributed by atoms with van der Waals surface area (Å²) in [6.45, 7) is 3.70. The lowest BCUT2D eigenvalue weighted by Gasteiger charge is -2.19. The van der Waals surface area contributed by atoms with Crippen LogP contribution in [0.25, 0.3) is 0 Å². The Morgan fingerprint density at radius 1 is 0.492 bits per heavy atom. The Bertz CT molecular complexity index is 1020. The predicted octanol–water partition coefficient (Wildman–Crippen LogP) is 14.7. The van der Waals surface area contributed by atoms with Crippen LogP contribution in [0.3, 0.4) is 0 Å². The molecule has 0 aliphatic rings. The molecule has 0 saturated heterocycles. The Balaban J connectivity index is 4.06. The number of unbranched alkanes of at least 4 members (excludes halogenated alkanes) is 30. The first-order chi connectivity index (χ1) is 28.8. The van der Waals surface area contributed by atoms with Crippen molar-refractivity contribution in [2.75, 3.05) is 26.4 Å². The molecule has 2 atom stereocenters. The molecule has 59 heavy (non-hydrogen) atoms. The summed E-state index contributed by atoms with van der Waals surface area (Å²) in [6.07, 6.45) is 51.0. The maximum absolute atomic E-state index is 12.6. The van der Waals surface area contributed by atoms with Gasteiger partial charge in [-0.05, 0) is 44.9 Å². The number of carbonyl (C=O) groups excluding carboxylic acids is 2. The van der Waals surface area contributed by atoms with E-state index in [1.165, 1.54) is 180 Å². The molecule has 0 aliphatic heterocycles. The Hall–Kier alpha value is -1.51. The number of phosphoric acid groups is 1. The van der Waals surface area contributed by atoms with E-state index >= 15 is 0 Å². The van der Waals surface area contributed by atoms with Gasteiger partial charge in [0.2, 0.25) is 0 Å². The highest BCUT2D eigenvalue weighted by Gasteiger charge is 2.25. The average Bonchev–Trinajstić information content (AvgIpc) is 3.22. The average molecular weight is 856 g/mol. The third-order valence-corrected chi connectivity index (χ3v) is 11.8. The lowest BCUT2D eigenvalue weighted by Crippen LogP contribution is -2.29. The van der Waals surface area contributed by atoms with Crippen LogP contribution in [0, 0.1) is 0 Å². The van der Waals surface area contributed by atoms with Crippen molar-refractivity contribution in [2.45, 2.75) is 251 Å². The topological polar surface area (TPSA) is 134 Å². The molecule has 10 heteroatoms. The van der Waals surface area contributed by atoms with Crippen LogP contribution in [0.4, 0.5) is 0 Å². The first kappa shape index (κ1) is 57.5. The molecule has 0 amide bonds. The van der Waals surface area contributed by atoms with Crippen molar-refractivity contribution in [3.8, 4) is 0 Å². The maximum atomic E-state index is 12.6. The van der Waals surface area contributed by atoms with E-state index in [9.17, 15) is 19.0 Å². The van der Waals surface area contributed by atoms with Crippen LogP contribution in [0.1, 0.15) is 245 Å². The van der Waals surface area contributed by atoms with Crippen LogP contribution >= 0.6 is 7.82 Å². The zero-order chi connectivity index (χ0) is 43.2. The summed E-state index contributed by atoms with van der Waals surface area (Å²) in [5.74, 6) is -0.913. The minimum atomic E-state index is -4.39. The maximum Gasteiger partial charge on any atom is 0.472 e. The van der Waals surface area contributed by atoms with E-state index in [1.54, 1.807) is 0 Å². The van der Waals surface area contributed by atoms with Crippen molar-refractivity contribution < 1.29 is 37.6 Å². The zero-order valence-electron chi connectivity index (χ0n) is 38.5. The first-order valence-electron chi connectivity index (χ1n) is 24.8. The van der Waals surface area contributed by atoms with Gasteiger partial charge >= 0.3 is 19.8 Å². The molecule has 0 radical (unpaired) electrons. The van der Waals surface area contributed by atoms with E-state index in [0.717, 1.165) is 25.7 Å². The summed E-state index contributed by atoms with van der Waals surface area (Å²) in [4.78, 5) is 34.9. The molecule has 0 fully saturated rings. The van der Waals surface area contributed by atoms with Gasteiger partial charge in [-0.2, -0.15) is 0 Å². The highest BCUT2D eigenvalue weighted by atomic mass is 31.2. The largest absolute Gasteiger partial charge is 0.472 e. The number of allylic oxidation sites excluding steroid dienone is 4. The molecule has 0 aromatic heterocycles. The second kappa shape index (κ2) is 46.0. The molecular weight excluding hydrogens is 762 g/mol. The normalized spacial score (nSPS) is 13.4. The van der Waals surface area contributed by atoms with E-state index in [0.29, 0.717) is 12.8 Å². The van der Waals surface area contributed by atoms with Gasteiger partial charge in [0, 0.05) is 19.4 Å². The van der Waals surface area contributed by atoms with Crippen LogP contribution in [0.15, 0.2) is 24.3 Å². The van der Waals surface area contributed by atoms with Crippen molar-refractivity contribution in [3.05, 3.63) is 24.3 Å². The van der Waals surface area contributed by atoms with Gasteiger partial charge in [-0.1, -0.05) is 212 Å². The van der Waals surface area contributed by atoms with E-state index < -0.39 is 32.5 Å². The standard InChI is InChI=1S/C49H94NO8P/c1-3-5-7-9-11-13-15-17-19-20-21-22-23-24-25-26-28-29-31-33-35-37-39-41-48(51)55-45-47(46-57-59(53,54)56-44-43-50)58-49(52)42-40-38-36-34-32-30-27-18-16-14-12-10-8-6-4-2/h33,35-36,38,47H,3-32,34,37,39-46,50H2,1-2H3,(H,53,54)/b35-33+,38-36+/t47-/m0/s1. The molecule has 9 nitrogen and oxygen atoms in total. The molecule has 0 aromatic carbocycles. The van der Waals surface area contributed by atoms with Gasteiger partial charge in [0.15, 0.2) is 6.10 Å². The fraction of sp³-hybridized carbons (Fsp3) is 0.878. The predicted molar refractivity (Wildman–Crippen MR) is 247 cm³/mol. The number of hydrogen-bond acceptors (Lipinski definition) is 8. The van der Waals surface area contributed by atoms with Crippen molar-refractivity contribution in [1.82, 2.24) is 0 Å². The van der Waals surface area contributed by atoms with Crippen molar-refractivity contribution >= 4 is 19.8 Å². The van der Waals surface area contributed by atoms with Crippen LogP contribution in [0.5, 0.6) is 0 Å². The fourth-order valence-corrected chi connectivity index (χ4v) is 7.89. The summed E-state index contributed by atoms with van der Waals surface area (Å²) >= 11 is 0. The van der Waals surface area contributed by atoms with Gasteiger partial charge in [0.25, 0.3) is 0 Å². The number of nitrogens with two attached hydrogens (primary N) is 1. The van der Waals surface area contributed by atoms with E-state index in [2.05, 4.69) is 32.1 Å². The Labute approximate surface area is 363 Å². The monoisotopic (exact) mass is 856 g/mol. The molecule has 0 aromatic rings. The SMILES string of the molecule is CCCCCCCCCCCCC/C=C/CCC(=O)O[C@@H](COC(=O)CCC/C=C/CCCCCCCCCCCCCCCCCCCC)COP(=O)(O)OCCN. The lowest BCUT2D eigenvalue weighted by atomic mass is 10.0. The lowest BCUT2D eigenvalue weighted by molar-refractivity contribution is -0.161. The number of rotatable bonds is 47. The molecule has 1 unspecified atom stereocenters. The van der Waals surface area contributed by atoms with Crippen molar-refractivity contribution in [2.24, 2.45) is 5.73 Å². The number of carbonyl (C=O) groups is 2. The van der Waals surface area contributed by atoms with Gasteiger partial charge in [-0.15, -0.1) is 0 Å². The highest BCUT2D eigenvalue weighted by molar-refractivity contribution is 7.47. The fourth-order valence-electron chi connectivity index (χ4n) is 7.13. The van der Waals surface area contributed by atoms with Crippen LogP contribution < -0.4 is 5.73 Å². The highest BCUT2D eigenvalue weighted by Crippen LogP contribution is 2.43. The first-order valence-corrected chi connectivity index (χ1v) is 26.3. The van der Waals surface area contributed by atoms with E-state index in [1.807, 2.05) is 6.08 Å². The third kappa shape index (κ3) is 45.8. The molecular formula is C49H94NO8P. The summed E-state index contributed by atoms with van der Waals surface area (Å²) in [5.41, 5.74) is 5.35. The molecule has 0 saturated carbocycles. The van der Waals surface area contributed by atoms with Gasteiger partial charge in [0.05, 0.1) is 13.2 Å². The zero-order valence-corrected chi connectivity index (χ0v) is 39.4. The second-order valence-electron chi connectivity index (χ2n) is 16.7. The number of phosphoric ester groups is 1. The minimum Gasteiger partial charge on any atom is -0.462 e. The number of esters is 2. The molecule has 348 valence electrons. The summed E-state index contributed by atoms with van der Waals surface area (Å²) in [6, 6.07) is 0. The van der Waals surface area contributed by atoms with Crippen molar-refractivity contribution in [1.29, 1.82) is 0 Å². The molecule has 0 rings (SSSR count). The van der Waals surface area contributed by atoms with Crippen LogP contribution in [-0.4, -0.2) is 49.3 Å². The number of ether oxygens (including phenoxy) is 2. The number of hydrogen-bond donors (Lipinski definition) is 2. The van der Waals surface area contributed by atoms with E-state index in [4.69, 9.17) is 24.3 Å². The Morgan fingerprint density at radius 2 is 0.864 bits per heavy atom. The summed E-state index contributed by atoms with van der Waals surface area (Å²) < 4.78 is 32.8. The third-order valence-electron chi connectivity index (χ3n) is 10.8.